The normalized spacial score (nSPS) is 14.8. The molecule has 2 amide bonds. The molecule has 0 radical (unpaired) electrons. The second-order valence-corrected chi connectivity index (χ2v) is 8.59. The van der Waals surface area contributed by atoms with Crippen LogP contribution in [0.25, 0.3) is 6.08 Å². The van der Waals surface area contributed by atoms with Crippen LogP contribution in [0.4, 0.5) is 11.4 Å². The molecule has 1 aliphatic heterocycles. The number of anilines is 2. The third-order valence-electron chi connectivity index (χ3n) is 5.49. The molecule has 0 unspecified atom stereocenters. The fourth-order valence-electron chi connectivity index (χ4n) is 3.72. The molecule has 1 N–H and O–H groups in total. The second kappa shape index (κ2) is 10.5. The van der Waals surface area contributed by atoms with Gasteiger partial charge >= 0.3 is 0 Å². The molecule has 0 atom stereocenters. The Morgan fingerprint density at radius 1 is 1.12 bits per heavy atom. The Hall–Kier alpha value is -3.68. The van der Waals surface area contributed by atoms with Crippen molar-refractivity contribution >= 4 is 29.3 Å². The van der Waals surface area contributed by atoms with Gasteiger partial charge in [0.05, 0.1) is 32.4 Å². The molecule has 8 nitrogen and oxygen atoms in total. The first kappa shape index (κ1) is 25.0. The molecule has 0 saturated carbocycles. The highest BCUT2D eigenvalue weighted by Gasteiger charge is 2.37. The Kier molecular flexibility index (Phi) is 7.71. The summed E-state index contributed by atoms with van der Waals surface area (Å²) in [6.07, 6.45) is 3.90. The average molecular weight is 469 g/mol. The first-order chi connectivity index (χ1) is 16.2. The number of rotatable bonds is 8. The van der Waals surface area contributed by atoms with E-state index in [-0.39, 0.29) is 18.4 Å². The van der Waals surface area contributed by atoms with Crippen molar-refractivity contribution in [2.24, 2.45) is 5.41 Å². The molecule has 0 bridgehead atoms. The lowest BCUT2D eigenvalue weighted by Crippen LogP contribution is -2.42. The molecule has 0 aromatic heterocycles. The number of nitrogens with one attached hydrogen (secondary N) is 1. The summed E-state index contributed by atoms with van der Waals surface area (Å²) in [4.78, 5) is 27.3. The highest BCUT2D eigenvalue weighted by Crippen LogP contribution is 2.39. The lowest BCUT2D eigenvalue weighted by molar-refractivity contribution is -0.127. The SMILES string of the molecule is CCCN1C(=O)C(C)(C)COc2cc(NC(=O)/C=C/c3cc(OC)c(OC)c(OC)c3)ccc21. The van der Waals surface area contributed by atoms with Gasteiger partial charge in [-0.25, -0.2) is 0 Å². The van der Waals surface area contributed by atoms with Gasteiger partial charge in [0, 0.05) is 24.4 Å². The first-order valence-corrected chi connectivity index (χ1v) is 11.1. The predicted molar refractivity (Wildman–Crippen MR) is 132 cm³/mol. The minimum atomic E-state index is -0.638. The fraction of sp³-hybridized carbons (Fsp3) is 0.385. The summed E-state index contributed by atoms with van der Waals surface area (Å²) in [6.45, 7) is 6.64. The lowest BCUT2D eigenvalue weighted by atomic mass is 9.93. The van der Waals surface area contributed by atoms with Crippen molar-refractivity contribution in [3.63, 3.8) is 0 Å². The van der Waals surface area contributed by atoms with Crippen molar-refractivity contribution in [2.75, 3.05) is 44.7 Å². The Labute approximate surface area is 200 Å². The quantitative estimate of drug-likeness (QED) is 0.573. The summed E-state index contributed by atoms with van der Waals surface area (Å²) >= 11 is 0. The third kappa shape index (κ3) is 5.27. The van der Waals surface area contributed by atoms with Gasteiger partial charge in [0.2, 0.25) is 17.6 Å². The van der Waals surface area contributed by atoms with Gasteiger partial charge in [-0.15, -0.1) is 0 Å². The Morgan fingerprint density at radius 2 is 1.79 bits per heavy atom. The van der Waals surface area contributed by atoms with Crippen LogP contribution in [0, 0.1) is 5.41 Å². The molecular weight excluding hydrogens is 436 g/mol. The zero-order valence-electron chi connectivity index (χ0n) is 20.6. The molecule has 2 aromatic carbocycles. The first-order valence-electron chi connectivity index (χ1n) is 11.1. The van der Waals surface area contributed by atoms with Gasteiger partial charge in [0.25, 0.3) is 0 Å². The molecule has 34 heavy (non-hydrogen) atoms. The van der Waals surface area contributed by atoms with E-state index >= 15 is 0 Å². The maximum absolute atomic E-state index is 13.0. The number of methoxy groups -OCH3 is 3. The van der Waals surface area contributed by atoms with E-state index in [2.05, 4.69) is 5.32 Å². The van der Waals surface area contributed by atoms with E-state index in [1.807, 2.05) is 26.8 Å². The Balaban J connectivity index is 1.80. The molecule has 3 rings (SSSR count). The number of carbonyl (C=O) groups excluding carboxylic acids is 2. The summed E-state index contributed by atoms with van der Waals surface area (Å²) < 4.78 is 22.0. The summed E-state index contributed by atoms with van der Waals surface area (Å²) in [6, 6.07) is 8.83. The minimum Gasteiger partial charge on any atom is -0.493 e. The van der Waals surface area contributed by atoms with Crippen LogP contribution in [0.2, 0.25) is 0 Å². The molecule has 0 fully saturated rings. The fourth-order valence-corrected chi connectivity index (χ4v) is 3.72. The molecule has 0 spiro atoms. The van der Waals surface area contributed by atoms with Gasteiger partial charge in [0.1, 0.15) is 12.4 Å². The van der Waals surface area contributed by atoms with Crippen molar-refractivity contribution in [2.45, 2.75) is 27.2 Å². The van der Waals surface area contributed by atoms with Gasteiger partial charge in [-0.05, 0) is 56.2 Å². The second-order valence-electron chi connectivity index (χ2n) is 8.59. The van der Waals surface area contributed by atoms with Crippen molar-refractivity contribution < 1.29 is 28.5 Å². The van der Waals surface area contributed by atoms with Gasteiger partial charge in [0.15, 0.2) is 11.5 Å². The van der Waals surface area contributed by atoms with Crippen LogP contribution >= 0.6 is 0 Å². The van der Waals surface area contributed by atoms with Crippen molar-refractivity contribution in [3.05, 3.63) is 42.0 Å². The van der Waals surface area contributed by atoms with Crippen LogP contribution in [-0.2, 0) is 9.59 Å². The topological polar surface area (TPSA) is 86.3 Å². The van der Waals surface area contributed by atoms with Crippen LogP contribution < -0.4 is 29.2 Å². The molecule has 1 aliphatic rings. The van der Waals surface area contributed by atoms with E-state index in [9.17, 15) is 9.59 Å². The number of nitrogens with zero attached hydrogens (tertiary/aromatic N) is 1. The van der Waals surface area contributed by atoms with Gasteiger partial charge < -0.3 is 29.2 Å². The smallest absolute Gasteiger partial charge is 0.248 e. The molecule has 0 saturated heterocycles. The maximum Gasteiger partial charge on any atom is 0.248 e. The third-order valence-corrected chi connectivity index (χ3v) is 5.49. The molecule has 2 aromatic rings. The highest BCUT2D eigenvalue weighted by atomic mass is 16.5. The number of carbonyl (C=O) groups is 2. The van der Waals surface area contributed by atoms with Gasteiger partial charge in [-0.2, -0.15) is 0 Å². The summed E-state index contributed by atoms with van der Waals surface area (Å²) in [5.41, 5.74) is 1.36. The van der Waals surface area contributed by atoms with E-state index in [4.69, 9.17) is 18.9 Å². The molecule has 182 valence electrons. The summed E-state index contributed by atoms with van der Waals surface area (Å²) in [5, 5.41) is 2.84. The van der Waals surface area contributed by atoms with Crippen molar-refractivity contribution in [1.29, 1.82) is 0 Å². The molecule has 8 heteroatoms. The Morgan fingerprint density at radius 3 is 2.38 bits per heavy atom. The molecule has 1 heterocycles. The number of benzene rings is 2. The van der Waals surface area contributed by atoms with E-state index in [0.717, 1.165) is 6.42 Å². The minimum absolute atomic E-state index is 0.0261. The van der Waals surface area contributed by atoms with Crippen molar-refractivity contribution in [3.8, 4) is 23.0 Å². The summed E-state index contributed by atoms with van der Waals surface area (Å²) in [7, 11) is 4.61. The number of ether oxygens (including phenoxy) is 4. The lowest BCUT2D eigenvalue weighted by Gasteiger charge is -2.27. The van der Waals surface area contributed by atoms with Crippen LogP contribution in [-0.4, -0.2) is 46.3 Å². The van der Waals surface area contributed by atoms with Gasteiger partial charge in [-0.1, -0.05) is 6.92 Å². The van der Waals surface area contributed by atoms with Crippen LogP contribution in [0.1, 0.15) is 32.8 Å². The number of hydrogen-bond donors (Lipinski definition) is 1. The van der Waals surface area contributed by atoms with E-state index in [1.165, 1.54) is 27.4 Å². The van der Waals surface area contributed by atoms with Crippen molar-refractivity contribution in [1.82, 2.24) is 0 Å². The Bertz CT molecular complexity index is 1070. The largest absolute Gasteiger partial charge is 0.493 e. The van der Waals surface area contributed by atoms with Crippen LogP contribution in [0.15, 0.2) is 36.4 Å². The number of hydrogen-bond acceptors (Lipinski definition) is 6. The van der Waals surface area contributed by atoms with Crippen LogP contribution in [0.3, 0.4) is 0 Å². The maximum atomic E-state index is 13.0. The van der Waals surface area contributed by atoms with E-state index in [1.54, 1.807) is 35.2 Å². The monoisotopic (exact) mass is 468 g/mol. The number of fused-ring (bicyclic) bond motifs is 1. The number of amides is 2. The predicted octanol–water partition coefficient (Wildman–Crippen LogP) is 4.53. The summed E-state index contributed by atoms with van der Waals surface area (Å²) in [5.74, 6) is 1.76. The zero-order chi connectivity index (χ0) is 24.9. The molecular formula is C26H32N2O6. The van der Waals surface area contributed by atoms with E-state index in [0.29, 0.717) is 46.5 Å². The van der Waals surface area contributed by atoms with Gasteiger partial charge in [-0.3, -0.25) is 9.59 Å². The van der Waals surface area contributed by atoms with Crippen LogP contribution in [0.5, 0.6) is 23.0 Å². The zero-order valence-corrected chi connectivity index (χ0v) is 20.6. The standard InChI is InChI=1S/C26H32N2O6/c1-7-12-28-19-10-9-18(15-20(19)34-16-26(2,3)25(28)30)27-23(29)11-8-17-13-21(31-4)24(33-6)22(14-17)32-5/h8-11,13-15H,7,12,16H2,1-6H3,(H,27,29)/b11-8+. The highest BCUT2D eigenvalue weighted by molar-refractivity contribution is 6.03. The van der Waals surface area contributed by atoms with E-state index < -0.39 is 5.41 Å². The molecule has 0 aliphatic carbocycles. The average Bonchev–Trinajstić information content (AvgIpc) is 2.92.